The number of Topliss-reactive ketones (excluding diaryl/α,β-unsaturated/α-hetero) is 1. The van der Waals surface area contributed by atoms with E-state index in [2.05, 4.69) is 23.8 Å². The summed E-state index contributed by atoms with van der Waals surface area (Å²) in [6.07, 6.45) is 5.30. The lowest BCUT2D eigenvalue weighted by molar-refractivity contribution is -0.123. The molecule has 0 aliphatic heterocycles. The minimum atomic E-state index is 0.364. The molecule has 0 radical (unpaired) electrons. The maximum absolute atomic E-state index is 12.0. The average molecular weight is 222 g/mol. The van der Waals surface area contributed by atoms with E-state index in [9.17, 15) is 4.79 Å². The van der Waals surface area contributed by atoms with Crippen molar-refractivity contribution >= 4 is 17.1 Å². The number of carbonyl (C=O) groups is 1. The molecule has 0 amide bonds. The summed E-state index contributed by atoms with van der Waals surface area (Å²) in [6, 6.07) is 2.12. The van der Waals surface area contributed by atoms with Crippen molar-refractivity contribution < 1.29 is 4.79 Å². The van der Waals surface area contributed by atoms with Gasteiger partial charge in [0.25, 0.3) is 0 Å². The van der Waals surface area contributed by atoms with Crippen molar-refractivity contribution in [2.24, 2.45) is 11.8 Å². The van der Waals surface area contributed by atoms with Gasteiger partial charge in [0.05, 0.1) is 0 Å². The molecule has 1 aromatic rings. The van der Waals surface area contributed by atoms with Gasteiger partial charge in [0.2, 0.25) is 0 Å². The van der Waals surface area contributed by atoms with Crippen LogP contribution in [0.1, 0.15) is 38.2 Å². The van der Waals surface area contributed by atoms with E-state index in [0.717, 1.165) is 19.3 Å². The van der Waals surface area contributed by atoms with E-state index < -0.39 is 0 Å². The lowest BCUT2D eigenvalue weighted by Crippen LogP contribution is -2.17. The van der Waals surface area contributed by atoms with Crippen LogP contribution in [0.25, 0.3) is 0 Å². The highest BCUT2D eigenvalue weighted by molar-refractivity contribution is 7.07. The SMILES string of the molecule is CC1CCCC1C(=O)CCc1ccsc1. The maximum atomic E-state index is 12.0. The first-order valence-corrected chi connectivity index (χ1v) is 6.75. The number of hydrogen-bond donors (Lipinski definition) is 0. The lowest BCUT2D eigenvalue weighted by atomic mass is 9.90. The number of thiophene rings is 1. The van der Waals surface area contributed by atoms with Crippen LogP contribution in [0.2, 0.25) is 0 Å². The third-order valence-electron chi connectivity index (χ3n) is 3.52. The van der Waals surface area contributed by atoms with Crippen molar-refractivity contribution in [3.8, 4) is 0 Å². The summed E-state index contributed by atoms with van der Waals surface area (Å²) >= 11 is 1.71. The maximum Gasteiger partial charge on any atom is 0.136 e. The number of aryl methyl sites for hydroxylation is 1. The minimum Gasteiger partial charge on any atom is -0.299 e. The van der Waals surface area contributed by atoms with Crippen molar-refractivity contribution in [2.45, 2.75) is 39.0 Å². The van der Waals surface area contributed by atoms with Crippen LogP contribution < -0.4 is 0 Å². The first-order valence-electron chi connectivity index (χ1n) is 5.81. The third-order valence-corrected chi connectivity index (χ3v) is 4.25. The fourth-order valence-corrected chi connectivity index (χ4v) is 3.21. The number of ketones is 1. The van der Waals surface area contributed by atoms with Crippen molar-refractivity contribution in [1.82, 2.24) is 0 Å². The molecule has 2 unspecified atom stereocenters. The van der Waals surface area contributed by atoms with Gasteiger partial charge in [-0.3, -0.25) is 4.79 Å². The molecule has 0 spiro atoms. The Balaban J connectivity index is 1.82. The van der Waals surface area contributed by atoms with Crippen LogP contribution in [0.15, 0.2) is 16.8 Å². The highest BCUT2D eigenvalue weighted by atomic mass is 32.1. The van der Waals surface area contributed by atoms with Gasteiger partial charge in [-0.15, -0.1) is 0 Å². The quantitative estimate of drug-likeness (QED) is 0.759. The predicted octanol–water partition coefficient (Wildman–Crippen LogP) is 3.69. The molecule has 1 nitrogen and oxygen atoms in total. The summed E-state index contributed by atoms with van der Waals surface area (Å²) < 4.78 is 0. The van der Waals surface area contributed by atoms with Crippen LogP contribution in [0.5, 0.6) is 0 Å². The second-order valence-corrected chi connectivity index (χ2v) is 5.39. The van der Waals surface area contributed by atoms with Crippen LogP contribution in [0.3, 0.4) is 0 Å². The Hall–Kier alpha value is -0.630. The smallest absolute Gasteiger partial charge is 0.136 e. The summed E-state index contributed by atoms with van der Waals surface area (Å²) in [6.45, 7) is 2.22. The zero-order valence-electron chi connectivity index (χ0n) is 9.24. The van der Waals surface area contributed by atoms with E-state index in [1.807, 2.05) is 0 Å². The molecule has 1 aliphatic rings. The van der Waals surface area contributed by atoms with Crippen LogP contribution in [-0.4, -0.2) is 5.78 Å². The molecule has 2 heteroatoms. The van der Waals surface area contributed by atoms with Crippen molar-refractivity contribution in [2.75, 3.05) is 0 Å². The highest BCUT2D eigenvalue weighted by Crippen LogP contribution is 2.32. The fourth-order valence-electron chi connectivity index (χ4n) is 2.51. The second-order valence-electron chi connectivity index (χ2n) is 4.61. The molecule has 1 aliphatic carbocycles. The Morgan fingerprint density at radius 3 is 3.00 bits per heavy atom. The van der Waals surface area contributed by atoms with Crippen LogP contribution in [0, 0.1) is 11.8 Å². The largest absolute Gasteiger partial charge is 0.299 e. The van der Waals surface area contributed by atoms with Gasteiger partial charge < -0.3 is 0 Å². The Kier molecular flexibility index (Phi) is 3.57. The molecular formula is C13H18OS. The van der Waals surface area contributed by atoms with E-state index in [-0.39, 0.29) is 0 Å². The zero-order valence-corrected chi connectivity index (χ0v) is 10.1. The molecule has 1 fully saturated rings. The molecule has 82 valence electrons. The van der Waals surface area contributed by atoms with Crippen molar-refractivity contribution in [1.29, 1.82) is 0 Å². The molecule has 0 saturated heterocycles. The van der Waals surface area contributed by atoms with Gasteiger partial charge in [-0.1, -0.05) is 13.3 Å². The van der Waals surface area contributed by atoms with Gasteiger partial charge in [-0.05, 0) is 47.6 Å². The molecule has 2 atom stereocenters. The normalized spacial score (nSPS) is 25.7. The topological polar surface area (TPSA) is 17.1 Å². The van der Waals surface area contributed by atoms with Gasteiger partial charge in [0, 0.05) is 12.3 Å². The summed E-state index contributed by atoms with van der Waals surface area (Å²) in [4.78, 5) is 12.0. The number of hydrogen-bond acceptors (Lipinski definition) is 2. The van der Waals surface area contributed by atoms with Crippen molar-refractivity contribution in [3.63, 3.8) is 0 Å². The van der Waals surface area contributed by atoms with Gasteiger partial charge in [-0.25, -0.2) is 0 Å². The van der Waals surface area contributed by atoms with Gasteiger partial charge in [0.15, 0.2) is 0 Å². The Morgan fingerprint density at radius 2 is 2.40 bits per heavy atom. The summed E-state index contributed by atoms with van der Waals surface area (Å²) in [7, 11) is 0. The van der Waals surface area contributed by atoms with E-state index in [1.54, 1.807) is 11.3 Å². The first-order chi connectivity index (χ1) is 7.27. The average Bonchev–Trinajstić information content (AvgIpc) is 2.84. The van der Waals surface area contributed by atoms with E-state index in [0.29, 0.717) is 17.6 Å². The molecule has 0 bridgehead atoms. The molecule has 1 aromatic heterocycles. The Labute approximate surface area is 95.5 Å². The summed E-state index contributed by atoms with van der Waals surface area (Å²) in [5, 5.41) is 4.23. The van der Waals surface area contributed by atoms with Crippen LogP contribution >= 0.6 is 11.3 Å². The summed E-state index contributed by atoms with van der Waals surface area (Å²) in [5.74, 6) is 1.48. The monoisotopic (exact) mass is 222 g/mol. The molecule has 2 rings (SSSR count). The molecule has 0 aromatic carbocycles. The minimum absolute atomic E-state index is 0.364. The molecule has 0 N–H and O–H groups in total. The van der Waals surface area contributed by atoms with E-state index >= 15 is 0 Å². The highest BCUT2D eigenvalue weighted by Gasteiger charge is 2.28. The first kappa shape index (κ1) is 10.9. The Bertz CT molecular complexity index is 315. The zero-order chi connectivity index (χ0) is 10.7. The second kappa shape index (κ2) is 4.93. The van der Waals surface area contributed by atoms with Crippen LogP contribution in [0.4, 0.5) is 0 Å². The van der Waals surface area contributed by atoms with Crippen LogP contribution in [-0.2, 0) is 11.2 Å². The van der Waals surface area contributed by atoms with Gasteiger partial charge >= 0.3 is 0 Å². The lowest BCUT2D eigenvalue weighted by Gasteiger charge is -2.13. The van der Waals surface area contributed by atoms with Crippen molar-refractivity contribution in [3.05, 3.63) is 22.4 Å². The molecular weight excluding hydrogens is 204 g/mol. The molecule has 1 heterocycles. The predicted molar refractivity (Wildman–Crippen MR) is 64.2 cm³/mol. The van der Waals surface area contributed by atoms with E-state index in [1.165, 1.54) is 18.4 Å². The Morgan fingerprint density at radius 1 is 1.53 bits per heavy atom. The van der Waals surface area contributed by atoms with Gasteiger partial charge in [0.1, 0.15) is 5.78 Å². The number of rotatable bonds is 4. The third kappa shape index (κ3) is 2.69. The van der Waals surface area contributed by atoms with Gasteiger partial charge in [-0.2, -0.15) is 11.3 Å². The molecule has 15 heavy (non-hydrogen) atoms. The standard InChI is InChI=1S/C13H18OS/c1-10-3-2-4-12(10)13(14)6-5-11-7-8-15-9-11/h7-10,12H,2-6H2,1H3. The summed E-state index contributed by atoms with van der Waals surface area (Å²) in [5.41, 5.74) is 1.32. The fraction of sp³-hybridized carbons (Fsp3) is 0.615. The number of carbonyl (C=O) groups excluding carboxylic acids is 1. The molecule has 1 saturated carbocycles. The van der Waals surface area contributed by atoms with E-state index in [4.69, 9.17) is 0 Å².